The predicted octanol–water partition coefficient (Wildman–Crippen LogP) is 2.56. The van der Waals surface area contributed by atoms with Crippen molar-refractivity contribution in [3.05, 3.63) is 71.0 Å². The zero-order chi connectivity index (χ0) is 22.0. The molecular formula is C22H31FN4O2S. The molecule has 0 heterocycles. The molecule has 2 N–H and O–H groups in total. The van der Waals surface area contributed by atoms with Crippen LogP contribution in [0.5, 0.6) is 0 Å². The first-order valence-corrected chi connectivity index (χ1v) is 11.9. The monoisotopic (exact) mass is 434 g/mol. The fourth-order valence-corrected chi connectivity index (χ4v) is 3.96. The van der Waals surface area contributed by atoms with Gasteiger partial charge in [0.05, 0.1) is 5.75 Å². The third-order valence-corrected chi connectivity index (χ3v) is 5.40. The summed E-state index contributed by atoms with van der Waals surface area (Å²) in [6, 6.07) is 14.5. The highest BCUT2D eigenvalue weighted by Gasteiger charge is 2.11. The topological polar surface area (TPSA) is 73.8 Å². The van der Waals surface area contributed by atoms with E-state index in [1.54, 1.807) is 7.05 Å². The first-order chi connectivity index (χ1) is 14.3. The highest BCUT2D eigenvalue weighted by molar-refractivity contribution is 7.89. The Morgan fingerprint density at radius 1 is 1.10 bits per heavy atom. The van der Waals surface area contributed by atoms with Crippen LogP contribution >= 0.6 is 0 Å². The number of guanidine groups is 1. The van der Waals surface area contributed by atoms with Crippen LogP contribution in [-0.2, 0) is 28.7 Å². The number of benzene rings is 2. The molecule has 2 rings (SSSR count). The highest BCUT2D eigenvalue weighted by Crippen LogP contribution is 2.14. The van der Waals surface area contributed by atoms with Crippen LogP contribution in [0.15, 0.2) is 53.5 Å². The number of hydrogen-bond acceptors (Lipinski definition) is 4. The third kappa shape index (κ3) is 8.92. The van der Waals surface area contributed by atoms with Gasteiger partial charge in [0.1, 0.15) is 5.82 Å². The van der Waals surface area contributed by atoms with E-state index in [1.807, 2.05) is 18.2 Å². The van der Waals surface area contributed by atoms with E-state index in [0.717, 1.165) is 26.1 Å². The molecule has 0 unspecified atom stereocenters. The van der Waals surface area contributed by atoms with Gasteiger partial charge in [-0.25, -0.2) is 12.8 Å². The SMILES string of the molecule is CN=C(NCCCN(C)Cc1ccccc1)NCc1cc(F)ccc1CS(C)(=O)=O. The Morgan fingerprint density at radius 2 is 1.83 bits per heavy atom. The molecule has 0 fully saturated rings. The normalized spacial score (nSPS) is 12.2. The lowest BCUT2D eigenvalue weighted by Crippen LogP contribution is -2.38. The molecule has 8 heteroatoms. The van der Waals surface area contributed by atoms with Gasteiger partial charge in [-0.05, 0) is 48.8 Å². The Bertz CT molecular complexity index is 933. The molecule has 0 aliphatic heterocycles. The molecule has 0 radical (unpaired) electrons. The van der Waals surface area contributed by atoms with E-state index >= 15 is 0 Å². The Balaban J connectivity index is 1.79. The van der Waals surface area contributed by atoms with Gasteiger partial charge in [0.25, 0.3) is 0 Å². The van der Waals surface area contributed by atoms with E-state index in [4.69, 9.17) is 0 Å². The second-order valence-corrected chi connectivity index (χ2v) is 9.55. The van der Waals surface area contributed by atoms with Crippen molar-refractivity contribution in [3.63, 3.8) is 0 Å². The average molecular weight is 435 g/mol. The maximum Gasteiger partial charge on any atom is 0.191 e. The van der Waals surface area contributed by atoms with Gasteiger partial charge in [-0.1, -0.05) is 36.4 Å². The van der Waals surface area contributed by atoms with Crippen molar-refractivity contribution < 1.29 is 12.8 Å². The summed E-state index contributed by atoms with van der Waals surface area (Å²) in [5, 5.41) is 6.37. The Hall–Kier alpha value is -2.45. The number of sulfone groups is 1. The lowest BCUT2D eigenvalue weighted by molar-refractivity contribution is 0.322. The average Bonchev–Trinajstić information content (AvgIpc) is 2.69. The number of nitrogens with zero attached hydrogens (tertiary/aromatic N) is 2. The van der Waals surface area contributed by atoms with Crippen LogP contribution in [0.4, 0.5) is 4.39 Å². The fraction of sp³-hybridized carbons (Fsp3) is 0.409. The number of hydrogen-bond donors (Lipinski definition) is 2. The summed E-state index contributed by atoms with van der Waals surface area (Å²) in [7, 11) is 0.551. The number of halogens is 1. The Kier molecular flexibility index (Phi) is 9.26. The summed E-state index contributed by atoms with van der Waals surface area (Å²) >= 11 is 0. The van der Waals surface area contributed by atoms with Crippen LogP contribution in [0.3, 0.4) is 0 Å². The molecule has 0 aromatic heterocycles. The van der Waals surface area contributed by atoms with E-state index in [0.29, 0.717) is 17.1 Å². The Morgan fingerprint density at radius 3 is 2.50 bits per heavy atom. The summed E-state index contributed by atoms with van der Waals surface area (Å²) < 4.78 is 36.9. The van der Waals surface area contributed by atoms with Crippen LogP contribution in [0.2, 0.25) is 0 Å². The molecule has 2 aromatic rings. The molecule has 0 saturated carbocycles. The highest BCUT2D eigenvalue weighted by atomic mass is 32.2. The zero-order valence-electron chi connectivity index (χ0n) is 17.9. The molecule has 0 aliphatic rings. The van der Waals surface area contributed by atoms with Crippen molar-refractivity contribution in [2.24, 2.45) is 4.99 Å². The molecule has 0 aliphatic carbocycles. The molecule has 0 saturated heterocycles. The summed E-state index contributed by atoms with van der Waals surface area (Å²) in [6.07, 6.45) is 2.10. The van der Waals surface area contributed by atoms with Crippen molar-refractivity contribution in [3.8, 4) is 0 Å². The van der Waals surface area contributed by atoms with Crippen LogP contribution in [0, 0.1) is 5.82 Å². The van der Waals surface area contributed by atoms with Gasteiger partial charge < -0.3 is 15.5 Å². The molecule has 0 amide bonds. The van der Waals surface area contributed by atoms with E-state index in [2.05, 4.69) is 39.7 Å². The van der Waals surface area contributed by atoms with Gasteiger partial charge >= 0.3 is 0 Å². The Labute approximate surface area is 179 Å². The second kappa shape index (κ2) is 11.7. The van der Waals surface area contributed by atoms with E-state index in [1.165, 1.54) is 30.0 Å². The molecular weight excluding hydrogens is 403 g/mol. The van der Waals surface area contributed by atoms with Crippen molar-refractivity contribution in [2.45, 2.75) is 25.3 Å². The summed E-state index contributed by atoms with van der Waals surface area (Å²) in [5.74, 6) is 0.0769. The van der Waals surface area contributed by atoms with Gasteiger partial charge in [0.2, 0.25) is 0 Å². The van der Waals surface area contributed by atoms with Gasteiger partial charge in [0.15, 0.2) is 15.8 Å². The van der Waals surface area contributed by atoms with E-state index in [-0.39, 0.29) is 12.3 Å². The first kappa shape index (κ1) is 23.8. The smallest absolute Gasteiger partial charge is 0.191 e. The first-order valence-electron chi connectivity index (χ1n) is 9.89. The maximum atomic E-state index is 13.6. The molecule has 2 aromatic carbocycles. The summed E-state index contributed by atoms with van der Waals surface area (Å²) in [5.41, 5.74) is 2.47. The lowest BCUT2D eigenvalue weighted by atomic mass is 10.1. The zero-order valence-corrected chi connectivity index (χ0v) is 18.7. The van der Waals surface area contributed by atoms with Crippen LogP contribution in [0.25, 0.3) is 0 Å². The van der Waals surface area contributed by atoms with Crippen molar-refractivity contribution in [1.29, 1.82) is 0 Å². The van der Waals surface area contributed by atoms with Crippen molar-refractivity contribution >= 4 is 15.8 Å². The summed E-state index contributed by atoms with van der Waals surface area (Å²) in [6.45, 7) is 2.85. The summed E-state index contributed by atoms with van der Waals surface area (Å²) in [4.78, 5) is 6.44. The minimum Gasteiger partial charge on any atom is -0.356 e. The predicted molar refractivity (Wildman–Crippen MR) is 121 cm³/mol. The van der Waals surface area contributed by atoms with E-state index in [9.17, 15) is 12.8 Å². The van der Waals surface area contributed by atoms with Gasteiger partial charge in [-0.3, -0.25) is 4.99 Å². The van der Waals surface area contributed by atoms with Crippen LogP contribution in [-0.4, -0.2) is 52.7 Å². The van der Waals surface area contributed by atoms with E-state index < -0.39 is 15.7 Å². The number of aliphatic imine (C=N–C) groups is 1. The second-order valence-electron chi connectivity index (χ2n) is 7.41. The quantitative estimate of drug-likeness (QED) is 0.342. The van der Waals surface area contributed by atoms with Crippen molar-refractivity contribution in [1.82, 2.24) is 15.5 Å². The fourth-order valence-electron chi connectivity index (χ4n) is 3.11. The molecule has 164 valence electrons. The van der Waals surface area contributed by atoms with Crippen molar-refractivity contribution in [2.75, 3.05) is 33.4 Å². The molecule has 6 nitrogen and oxygen atoms in total. The minimum absolute atomic E-state index is 0.121. The third-order valence-electron chi connectivity index (χ3n) is 4.56. The van der Waals surface area contributed by atoms with Gasteiger partial charge in [0, 0.05) is 32.9 Å². The van der Waals surface area contributed by atoms with Crippen LogP contribution in [0.1, 0.15) is 23.1 Å². The van der Waals surface area contributed by atoms with Gasteiger partial charge in [-0.2, -0.15) is 0 Å². The largest absolute Gasteiger partial charge is 0.356 e. The standard InChI is InChI=1S/C22H31FN4O2S/c1-24-22(25-12-7-13-27(2)16-18-8-5-4-6-9-18)26-15-20-14-21(23)11-10-19(20)17-30(3,28)29/h4-6,8-11,14H,7,12-13,15-17H2,1-3H3,(H2,24,25,26). The molecule has 0 bridgehead atoms. The molecule has 30 heavy (non-hydrogen) atoms. The number of rotatable bonds is 10. The minimum atomic E-state index is -3.21. The lowest BCUT2D eigenvalue weighted by Gasteiger charge is -2.18. The maximum absolute atomic E-state index is 13.6. The van der Waals surface area contributed by atoms with Gasteiger partial charge in [-0.15, -0.1) is 0 Å². The van der Waals surface area contributed by atoms with Crippen LogP contribution < -0.4 is 10.6 Å². The number of nitrogens with one attached hydrogen (secondary N) is 2. The molecule has 0 atom stereocenters. The molecule has 0 spiro atoms.